The van der Waals surface area contributed by atoms with Crippen LogP contribution in [0.1, 0.15) is 31.7 Å². The molecule has 0 fully saturated rings. The Morgan fingerprint density at radius 1 is 1.23 bits per heavy atom. The number of para-hydroxylation sites is 1. The van der Waals surface area contributed by atoms with Crippen molar-refractivity contribution in [2.45, 2.75) is 32.9 Å². The van der Waals surface area contributed by atoms with Crippen LogP contribution in [0.2, 0.25) is 0 Å². The van der Waals surface area contributed by atoms with E-state index in [0.29, 0.717) is 29.7 Å². The highest BCUT2D eigenvalue weighted by molar-refractivity contribution is 6.36. The minimum atomic E-state index is -1.59. The Morgan fingerprint density at radius 3 is 2.74 bits per heavy atom. The van der Waals surface area contributed by atoms with Crippen LogP contribution in [0.25, 0.3) is 22.6 Å². The molecule has 0 saturated heterocycles. The quantitative estimate of drug-likeness (QED) is 0.629. The first-order valence-corrected chi connectivity index (χ1v) is 9.89. The number of aromatic nitrogens is 2. The molecule has 0 bridgehead atoms. The molecular formula is C23H21N3O5. The molecule has 0 aliphatic carbocycles. The largest absolute Gasteiger partial charge is 0.490 e. The van der Waals surface area contributed by atoms with Gasteiger partial charge in [0.2, 0.25) is 0 Å². The van der Waals surface area contributed by atoms with E-state index >= 15 is 0 Å². The Hall–Kier alpha value is -3.94. The first-order valence-electron chi connectivity index (χ1n) is 9.89. The normalized spacial score (nSPS) is 14.1. The molecule has 1 amide bonds. The predicted molar refractivity (Wildman–Crippen MR) is 117 cm³/mol. The number of carboxylic acid groups (broad SMARTS) is 1. The van der Waals surface area contributed by atoms with E-state index < -0.39 is 11.9 Å². The third-order valence-electron chi connectivity index (χ3n) is 4.91. The summed E-state index contributed by atoms with van der Waals surface area (Å²) in [5, 5.41) is 11.5. The number of anilines is 1. The number of rotatable bonds is 4. The van der Waals surface area contributed by atoms with E-state index in [1.54, 1.807) is 10.6 Å². The van der Waals surface area contributed by atoms with Gasteiger partial charge in [-0.15, -0.1) is 0 Å². The first-order chi connectivity index (χ1) is 14.8. The van der Waals surface area contributed by atoms with E-state index in [-0.39, 0.29) is 17.4 Å². The number of allylic oxidation sites excluding steroid dienone is 1. The maximum absolute atomic E-state index is 13.0. The predicted octanol–water partition coefficient (Wildman–Crippen LogP) is 3.15. The van der Waals surface area contributed by atoms with Crippen LogP contribution in [0, 0.1) is 0 Å². The molecule has 1 aromatic heterocycles. The molecule has 2 heterocycles. The summed E-state index contributed by atoms with van der Waals surface area (Å²) in [5.74, 6) is -1.43. The van der Waals surface area contributed by atoms with Crippen LogP contribution in [-0.2, 0) is 16.1 Å². The molecule has 2 aromatic carbocycles. The molecule has 4 rings (SSSR count). The lowest BCUT2D eigenvalue weighted by atomic mass is 10.1. The van der Waals surface area contributed by atoms with E-state index in [4.69, 9.17) is 9.84 Å². The number of nitrogens with one attached hydrogen (secondary N) is 1. The number of amides is 1. The van der Waals surface area contributed by atoms with Crippen LogP contribution >= 0.6 is 0 Å². The van der Waals surface area contributed by atoms with Gasteiger partial charge in [0.1, 0.15) is 11.6 Å². The lowest BCUT2D eigenvalue weighted by Gasteiger charge is -2.12. The monoisotopic (exact) mass is 419 g/mol. The molecule has 8 heteroatoms. The summed E-state index contributed by atoms with van der Waals surface area (Å²) < 4.78 is 7.52. The zero-order valence-corrected chi connectivity index (χ0v) is 17.1. The molecule has 8 nitrogen and oxygen atoms in total. The molecule has 0 radical (unpaired) electrons. The molecule has 31 heavy (non-hydrogen) atoms. The maximum Gasteiger partial charge on any atom is 0.394 e. The van der Waals surface area contributed by atoms with E-state index in [2.05, 4.69) is 10.3 Å². The van der Waals surface area contributed by atoms with Gasteiger partial charge < -0.3 is 15.2 Å². The Labute approximate surface area is 177 Å². The van der Waals surface area contributed by atoms with E-state index in [9.17, 15) is 14.4 Å². The van der Waals surface area contributed by atoms with Crippen molar-refractivity contribution in [3.8, 4) is 5.75 Å². The number of benzene rings is 2. The van der Waals surface area contributed by atoms with Crippen LogP contribution in [0.3, 0.4) is 0 Å². The standard InChI is InChI=1S/C23H21N3O5/c1-13(2)31-19-6-4-3-5-14(19)11-15-9-10-26-20(15)25-18-12-16(24-21(27)23(29)30)7-8-17(18)22(26)28/h3-8,11-13H,9-10H2,1-2H3,(H,24,27)(H,29,30). The van der Waals surface area contributed by atoms with Gasteiger partial charge in [0, 0.05) is 17.8 Å². The van der Waals surface area contributed by atoms with E-state index in [0.717, 1.165) is 16.9 Å². The molecule has 1 aliphatic rings. The van der Waals surface area contributed by atoms with Crippen molar-refractivity contribution >= 4 is 40.1 Å². The molecule has 0 saturated carbocycles. The van der Waals surface area contributed by atoms with Crippen LogP contribution < -0.4 is 15.6 Å². The van der Waals surface area contributed by atoms with Gasteiger partial charge >= 0.3 is 11.9 Å². The van der Waals surface area contributed by atoms with Crippen molar-refractivity contribution in [2.75, 3.05) is 5.32 Å². The fourth-order valence-corrected chi connectivity index (χ4v) is 3.57. The topological polar surface area (TPSA) is 111 Å². The summed E-state index contributed by atoms with van der Waals surface area (Å²) >= 11 is 0. The van der Waals surface area contributed by atoms with Crippen LogP contribution in [0.5, 0.6) is 5.75 Å². The molecule has 2 N–H and O–H groups in total. The molecule has 1 aliphatic heterocycles. The molecule has 3 aromatic rings. The van der Waals surface area contributed by atoms with Gasteiger partial charge in [0.05, 0.1) is 17.0 Å². The Balaban J connectivity index is 1.78. The third kappa shape index (κ3) is 4.05. The minimum Gasteiger partial charge on any atom is -0.490 e. The lowest BCUT2D eigenvalue weighted by molar-refractivity contribution is -0.147. The Bertz CT molecular complexity index is 1290. The molecule has 0 atom stereocenters. The third-order valence-corrected chi connectivity index (χ3v) is 4.91. The van der Waals surface area contributed by atoms with E-state index in [1.165, 1.54) is 12.1 Å². The van der Waals surface area contributed by atoms with Gasteiger partial charge in [0.15, 0.2) is 0 Å². The van der Waals surface area contributed by atoms with Crippen LogP contribution in [0.4, 0.5) is 5.69 Å². The molecular weight excluding hydrogens is 398 g/mol. The smallest absolute Gasteiger partial charge is 0.394 e. The zero-order valence-electron chi connectivity index (χ0n) is 17.1. The van der Waals surface area contributed by atoms with Crippen molar-refractivity contribution in [2.24, 2.45) is 0 Å². The summed E-state index contributed by atoms with van der Waals surface area (Å²) in [7, 11) is 0. The average molecular weight is 419 g/mol. The number of carbonyl (C=O) groups is 2. The highest BCUT2D eigenvalue weighted by Crippen LogP contribution is 2.31. The fourth-order valence-electron chi connectivity index (χ4n) is 3.57. The molecule has 0 unspecified atom stereocenters. The number of aliphatic carboxylic acids is 1. The number of nitrogens with zero attached hydrogens (tertiary/aromatic N) is 2. The number of carboxylic acids is 1. The Kier molecular flexibility index (Phi) is 5.29. The summed E-state index contributed by atoms with van der Waals surface area (Å²) in [6, 6.07) is 12.2. The van der Waals surface area contributed by atoms with Gasteiger partial charge in [-0.25, -0.2) is 9.78 Å². The summed E-state index contributed by atoms with van der Waals surface area (Å²) in [6.07, 6.45) is 2.65. The van der Waals surface area contributed by atoms with Gasteiger partial charge in [-0.1, -0.05) is 18.2 Å². The van der Waals surface area contributed by atoms with Crippen molar-refractivity contribution in [1.82, 2.24) is 9.55 Å². The highest BCUT2D eigenvalue weighted by atomic mass is 16.5. The second kappa shape index (κ2) is 8.06. The second-order valence-electron chi connectivity index (χ2n) is 7.51. The number of hydrogen-bond acceptors (Lipinski definition) is 5. The van der Waals surface area contributed by atoms with Crippen LogP contribution in [0.15, 0.2) is 47.3 Å². The lowest BCUT2D eigenvalue weighted by Crippen LogP contribution is -2.23. The Morgan fingerprint density at radius 2 is 2.00 bits per heavy atom. The maximum atomic E-state index is 13.0. The van der Waals surface area contributed by atoms with Gasteiger partial charge in [-0.3, -0.25) is 14.2 Å². The van der Waals surface area contributed by atoms with Crippen molar-refractivity contribution in [3.63, 3.8) is 0 Å². The number of hydrogen-bond donors (Lipinski definition) is 2. The summed E-state index contributed by atoms with van der Waals surface area (Å²) in [4.78, 5) is 39.8. The SMILES string of the molecule is CC(C)Oc1ccccc1C=C1CCn2c1nc1cc(NC(=O)C(=O)O)ccc1c2=O. The highest BCUT2D eigenvalue weighted by Gasteiger charge is 2.22. The van der Waals surface area contributed by atoms with Gasteiger partial charge in [-0.05, 0) is 56.2 Å². The van der Waals surface area contributed by atoms with Crippen molar-refractivity contribution < 1.29 is 19.4 Å². The molecule has 158 valence electrons. The number of carbonyl (C=O) groups excluding carboxylic acids is 1. The summed E-state index contributed by atoms with van der Waals surface area (Å²) in [5.41, 5.74) is 2.27. The van der Waals surface area contributed by atoms with Crippen LogP contribution in [-0.4, -0.2) is 32.6 Å². The summed E-state index contributed by atoms with van der Waals surface area (Å²) in [6.45, 7) is 4.44. The average Bonchev–Trinajstić information content (AvgIpc) is 3.12. The van der Waals surface area contributed by atoms with E-state index in [1.807, 2.05) is 44.2 Å². The second-order valence-corrected chi connectivity index (χ2v) is 7.51. The number of ether oxygens (including phenoxy) is 1. The number of fused-ring (bicyclic) bond motifs is 2. The van der Waals surface area contributed by atoms with Crippen molar-refractivity contribution in [3.05, 3.63) is 64.2 Å². The minimum absolute atomic E-state index is 0.0273. The molecule has 0 spiro atoms. The van der Waals surface area contributed by atoms with Gasteiger partial charge in [0.25, 0.3) is 5.56 Å². The first kappa shape index (κ1) is 20.3. The van der Waals surface area contributed by atoms with Crippen molar-refractivity contribution in [1.29, 1.82) is 0 Å². The fraction of sp³-hybridized carbons (Fsp3) is 0.217. The zero-order chi connectivity index (χ0) is 22.1. The van der Waals surface area contributed by atoms with Gasteiger partial charge in [-0.2, -0.15) is 0 Å².